The van der Waals surface area contributed by atoms with Crippen LogP contribution in [-0.4, -0.2) is 12.4 Å². The van der Waals surface area contributed by atoms with Gasteiger partial charge in [-0.3, -0.25) is 4.79 Å². The summed E-state index contributed by atoms with van der Waals surface area (Å²) in [7, 11) is 1.40. The molecule has 0 saturated carbocycles. The van der Waals surface area contributed by atoms with Crippen molar-refractivity contribution in [2.45, 2.75) is 0 Å². The number of benzene rings is 1. The molecule has 0 amide bonds. The predicted molar refractivity (Wildman–Crippen MR) is 50.8 cm³/mol. The summed E-state index contributed by atoms with van der Waals surface area (Å²) >= 11 is 8.24. The highest BCUT2D eigenvalue weighted by Gasteiger charge is 2.13. The summed E-state index contributed by atoms with van der Waals surface area (Å²) < 4.78 is 18.4. The number of ether oxygens (including phenoxy) is 1. The molecule has 0 saturated heterocycles. The SMILES string of the molecule is COc1cc(F)c(C(=O)Cl)cc1Br. The Kier molecular flexibility index (Phi) is 3.27. The zero-order valence-electron chi connectivity index (χ0n) is 6.61. The van der Waals surface area contributed by atoms with Gasteiger partial charge in [-0.2, -0.15) is 0 Å². The lowest BCUT2D eigenvalue weighted by Crippen LogP contribution is -1.96. The van der Waals surface area contributed by atoms with E-state index in [2.05, 4.69) is 15.9 Å². The highest BCUT2D eigenvalue weighted by Crippen LogP contribution is 2.28. The molecule has 0 bridgehead atoms. The largest absolute Gasteiger partial charge is 0.495 e. The van der Waals surface area contributed by atoms with Crippen molar-refractivity contribution >= 4 is 32.8 Å². The van der Waals surface area contributed by atoms with E-state index in [1.54, 1.807) is 0 Å². The van der Waals surface area contributed by atoms with Crippen LogP contribution >= 0.6 is 27.5 Å². The van der Waals surface area contributed by atoms with Gasteiger partial charge in [0.05, 0.1) is 17.1 Å². The van der Waals surface area contributed by atoms with Gasteiger partial charge in [-0.15, -0.1) is 0 Å². The molecule has 0 heterocycles. The second-order valence-electron chi connectivity index (χ2n) is 2.24. The van der Waals surface area contributed by atoms with E-state index >= 15 is 0 Å². The molecule has 0 spiro atoms. The Morgan fingerprint density at radius 3 is 2.69 bits per heavy atom. The molecule has 0 atom stereocenters. The van der Waals surface area contributed by atoms with Gasteiger partial charge in [-0.1, -0.05) is 0 Å². The Hall–Kier alpha value is -0.610. The summed E-state index contributed by atoms with van der Waals surface area (Å²) in [5, 5.41) is -0.833. The van der Waals surface area contributed by atoms with Gasteiger partial charge in [0.15, 0.2) is 0 Å². The fraction of sp³-hybridized carbons (Fsp3) is 0.125. The molecule has 0 aliphatic heterocycles. The van der Waals surface area contributed by atoms with Crippen molar-refractivity contribution in [1.29, 1.82) is 0 Å². The van der Waals surface area contributed by atoms with E-state index in [0.29, 0.717) is 10.2 Å². The van der Waals surface area contributed by atoms with Gasteiger partial charge in [0, 0.05) is 6.07 Å². The third-order valence-corrected chi connectivity index (χ3v) is 2.28. The van der Waals surface area contributed by atoms with E-state index in [4.69, 9.17) is 16.3 Å². The monoisotopic (exact) mass is 266 g/mol. The number of hydrogen-bond donors (Lipinski definition) is 0. The summed E-state index contributed by atoms with van der Waals surface area (Å²) in [5.74, 6) is -0.376. The van der Waals surface area contributed by atoms with Gasteiger partial charge >= 0.3 is 0 Å². The topological polar surface area (TPSA) is 26.3 Å². The van der Waals surface area contributed by atoms with Crippen LogP contribution in [0.1, 0.15) is 10.4 Å². The van der Waals surface area contributed by atoms with Gasteiger partial charge in [-0.25, -0.2) is 4.39 Å². The zero-order valence-corrected chi connectivity index (χ0v) is 8.95. The Bertz CT molecular complexity index is 354. The molecule has 13 heavy (non-hydrogen) atoms. The molecule has 70 valence electrons. The molecule has 0 aliphatic rings. The van der Waals surface area contributed by atoms with E-state index < -0.39 is 11.1 Å². The molecule has 5 heteroatoms. The summed E-state index contributed by atoms with van der Waals surface area (Å²) in [6, 6.07) is 2.38. The molecule has 1 rings (SSSR count). The van der Waals surface area contributed by atoms with Crippen LogP contribution in [0.3, 0.4) is 0 Å². The Morgan fingerprint density at radius 1 is 1.62 bits per heavy atom. The number of halogens is 3. The van der Waals surface area contributed by atoms with Crippen molar-refractivity contribution in [3.63, 3.8) is 0 Å². The van der Waals surface area contributed by atoms with Crippen LogP contribution in [0.5, 0.6) is 5.75 Å². The molecule has 1 aromatic carbocycles. The second-order valence-corrected chi connectivity index (χ2v) is 3.44. The van der Waals surface area contributed by atoms with Crippen LogP contribution in [0.25, 0.3) is 0 Å². The minimum absolute atomic E-state index is 0.172. The fourth-order valence-corrected chi connectivity index (χ4v) is 1.49. The van der Waals surface area contributed by atoms with Gasteiger partial charge in [0.25, 0.3) is 5.24 Å². The lowest BCUT2D eigenvalue weighted by atomic mass is 10.2. The van der Waals surface area contributed by atoms with Gasteiger partial charge in [-0.05, 0) is 33.6 Å². The van der Waals surface area contributed by atoms with Crippen molar-refractivity contribution in [2.24, 2.45) is 0 Å². The first-order valence-corrected chi connectivity index (χ1v) is 4.46. The first-order chi connectivity index (χ1) is 6.06. The van der Waals surface area contributed by atoms with Crippen LogP contribution in [0, 0.1) is 5.82 Å². The first kappa shape index (κ1) is 10.5. The average molecular weight is 267 g/mol. The van der Waals surface area contributed by atoms with Crippen LogP contribution in [0.4, 0.5) is 4.39 Å². The molecule has 0 radical (unpaired) electrons. The highest BCUT2D eigenvalue weighted by molar-refractivity contribution is 9.10. The molecular weight excluding hydrogens is 262 g/mol. The molecule has 0 aliphatic carbocycles. The minimum atomic E-state index is -0.833. The second kappa shape index (κ2) is 4.07. The summed E-state index contributed by atoms with van der Waals surface area (Å²) in [6.45, 7) is 0. The van der Waals surface area contributed by atoms with E-state index in [-0.39, 0.29) is 5.56 Å². The third-order valence-electron chi connectivity index (χ3n) is 1.45. The van der Waals surface area contributed by atoms with Gasteiger partial charge < -0.3 is 4.74 Å². The predicted octanol–water partition coefficient (Wildman–Crippen LogP) is 2.98. The van der Waals surface area contributed by atoms with E-state index in [0.717, 1.165) is 6.07 Å². The van der Waals surface area contributed by atoms with E-state index in [1.807, 2.05) is 0 Å². The Balaban J connectivity index is 3.28. The number of carbonyl (C=O) groups is 1. The zero-order chi connectivity index (χ0) is 10.0. The summed E-state index contributed by atoms with van der Waals surface area (Å²) in [4.78, 5) is 10.7. The Morgan fingerprint density at radius 2 is 2.23 bits per heavy atom. The van der Waals surface area contributed by atoms with Gasteiger partial charge in [0.2, 0.25) is 0 Å². The lowest BCUT2D eigenvalue weighted by Gasteiger charge is -2.04. The number of rotatable bonds is 2. The molecule has 0 fully saturated rings. The number of methoxy groups -OCH3 is 1. The molecule has 0 N–H and O–H groups in total. The van der Waals surface area contributed by atoms with Crippen molar-refractivity contribution in [2.75, 3.05) is 7.11 Å². The quantitative estimate of drug-likeness (QED) is 0.770. The standard InChI is InChI=1S/C8H5BrClFO2/c1-13-7-3-6(11)4(8(10)12)2-5(7)9/h2-3H,1H3. The van der Waals surface area contributed by atoms with Crippen LogP contribution < -0.4 is 4.74 Å². The van der Waals surface area contributed by atoms with Crippen molar-refractivity contribution in [3.8, 4) is 5.75 Å². The molecule has 1 aromatic rings. The summed E-state index contributed by atoms with van der Waals surface area (Å²) in [6.07, 6.45) is 0. The van der Waals surface area contributed by atoms with Crippen LogP contribution in [0.15, 0.2) is 16.6 Å². The fourth-order valence-electron chi connectivity index (χ4n) is 0.836. The normalized spacial score (nSPS) is 9.85. The molecule has 0 unspecified atom stereocenters. The van der Waals surface area contributed by atoms with Crippen molar-refractivity contribution in [3.05, 3.63) is 28.0 Å². The van der Waals surface area contributed by atoms with Crippen LogP contribution in [-0.2, 0) is 0 Å². The first-order valence-electron chi connectivity index (χ1n) is 3.29. The van der Waals surface area contributed by atoms with Crippen molar-refractivity contribution in [1.82, 2.24) is 0 Å². The maximum atomic E-state index is 13.1. The number of hydrogen-bond acceptors (Lipinski definition) is 2. The van der Waals surface area contributed by atoms with E-state index in [1.165, 1.54) is 13.2 Å². The maximum Gasteiger partial charge on any atom is 0.255 e. The number of carbonyl (C=O) groups excluding carboxylic acids is 1. The van der Waals surface area contributed by atoms with E-state index in [9.17, 15) is 9.18 Å². The van der Waals surface area contributed by atoms with Crippen LogP contribution in [0.2, 0.25) is 0 Å². The minimum Gasteiger partial charge on any atom is -0.495 e. The van der Waals surface area contributed by atoms with Gasteiger partial charge in [0.1, 0.15) is 11.6 Å². The Labute approximate surface area is 87.8 Å². The maximum absolute atomic E-state index is 13.1. The summed E-state index contributed by atoms with van der Waals surface area (Å²) in [5.41, 5.74) is -0.172. The average Bonchev–Trinajstić information content (AvgIpc) is 2.07. The van der Waals surface area contributed by atoms with Crippen molar-refractivity contribution < 1.29 is 13.9 Å². The lowest BCUT2D eigenvalue weighted by molar-refractivity contribution is 0.107. The highest BCUT2D eigenvalue weighted by atomic mass is 79.9. The third kappa shape index (κ3) is 2.19. The molecule has 0 aromatic heterocycles. The molecular formula is C8H5BrClFO2. The molecule has 2 nitrogen and oxygen atoms in total. The smallest absolute Gasteiger partial charge is 0.255 e.